The summed E-state index contributed by atoms with van der Waals surface area (Å²) < 4.78 is 51.5. The molecule has 0 heterocycles. The van der Waals surface area contributed by atoms with Gasteiger partial charge in [-0.15, -0.1) is 0 Å². The van der Waals surface area contributed by atoms with Gasteiger partial charge in [0, 0.05) is 32.7 Å². The molecule has 6 nitrogen and oxygen atoms in total. The number of sulfone groups is 1. The highest BCUT2D eigenvalue weighted by Crippen LogP contribution is 2.43. The van der Waals surface area contributed by atoms with Crippen LogP contribution in [0.1, 0.15) is 289 Å². The maximum atomic E-state index is 14.0. The maximum Gasteiger partial charge on any atom is 0.185 e. The van der Waals surface area contributed by atoms with Crippen molar-refractivity contribution in [3.8, 4) is 23.0 Å². The van der Waals surface area contributed by atoms with Gasteiger partial charge in [0.25, 0.3) is 0 Å². The van der Waals surface area contributed by atoms with Crippen LogP contribution in [0.25, 0.3) is 21.5 Å². The van der Waals surface area contributed by atoms with E-state index in [1.165, 1.54) is 91.7 Å². The van der Waals surface area contributed by atoms with Gasteiger partial charge in [-0.25, -0.2) is 8.42 Å². The van der Waals surface area contributed by atoms with E-state index in [2.05, 4.69) is 247 Å². The molecular formula is C104H150O6S. The molecule has 0 spiro atoms. The van der Waals surface area contributed by atoms with Crippen molar-refractivity contribution in [3.63, 3.8) is 0 Å². The van der Waals surface area contributed by atoms with Crippen LogP contribution in [0, 0.1) is 19.8 Å². The number of ether oxygens (including phenoxy) is 4. The molecule has 0 radical (unpaired) electrons. The number of allylic oxidation sites excluding steroid dienone is 27. The Kier molecular flexibility index (Phi) is 46.6. The highest BCUT2D eigenvalue weighted by atomic mass is 32.2. The van der Waals surface area contributed by atoms with Crippen molar-refractivity contribution in [3.05, 3.63) is 264 Å². The van der Waals surface area contributed by atoms with Crippen LogP contribution in [0.3, 0.4) is 0 Å². The van der Waals surface area contributed by atoms with Crippen molar-refractivity contribution in [2.45, 2.75) is 303 Å². The molecular weight excluding hydrogens is 1380 g/mol. The predicted molar refractivity (Wildman–Crippen MR) is 490 cm³/mol. The first kappa shape index (κ1) is 97.3. The fraction of sp³-hybridized carbons (Fsp3) is 0.481. The fourth-order valence-corrected chi connectivity index (χ4v) is 16.3. The van der Waals surface area contributed by atoms with E-state index >= 15 is 0 Å². The van der Waals surface area contributed by atoms with Crippen LogP contribution in [0.5, 0.6) is 23.0 Å². The molecule has 0 N–H and O–H groups in total. The summed E-state index contributed by atoms with van der Waals surface area (Å²) in [5.41, 5.74) is 24.2. The van der Waals surface area contributed by atoms with E-state index in [1.807, 2.05) is 24.3 Å². The second-order valence-electron chi connectivity index (χ2n) is 32.1. The zero-order chi connectivity index (χ0) is 81.1. The van der Waals surface area contributed by atoms with Gasteiger partial charge in [0.2, 0.25) is 0 Å². The Labute approximate surface area is 679 Å². The largest absolute Gasteiger partial charge is 0.496 e. The van der Waals surface area contributed by atoms with E-state index in [4.69, 9.17) is 18.9 Å². The van der Waals surface area contributed by atoms with Crippen molar-refractivity contribution >= 4 is 31.4 Å². The van der Waals surface area contributed by atoms with Crippen LogP contribution in [0.2, 0.25) is 0 Å². The average Bonchev–Trinajstić information content (AvgIpc) is 0.776. The lowest BCUT2D eigenvalue weighted by molar-refractivity contribution is 0.404. The molecule has 7 heteroatoms. The number of fused-ring (bicyclic) bond motifs is 2. The molecule has 0 fully saturated rings. The first-order valence-corrected chi connectivity index (χ1v) is 42.8. The molecule has 0 saturated heterocycles. The molecule has 0 saturated carbocycles. The summed E-state index contributed by atoms with van der Waals surface area (Å²) in [6.45, 7) is 42.0. The second-order valence-corrected chi connectivity index (χ2v) is 34.3. The van der Waals surface area contributed by atoms with Gasteiger partial charge in [-0.2, -0.15) is 0 Å². The van der Waals surface area contributed by atoms with Crippen LogP contribution in [0.4, 0.5) is 0 Å². The topological polar surface area (TPSA) is 71.1 Å². The van der Waals surface area contributed by atoms with E-state index in [0.717, 1.165) is 201 Å². The standard InChI is InChI=1S/C54H74O4S.C49H72O2.CH4/c1-40(2)22-17-23-41(3)24-18-25-42(4)26-19-27-43(5)28-20-30-45(7)38-49(59(55,56)48-32-13-12-14-33-48)39-46(8)31-21-29-44(6)36-37-50-47(9)53(57-10)51-34-15-16-35-52(51)54(50)58-11;1-36(2)20-15-21-37(3)22-16-23-38(4)24-17-25-39(5)26-18-28-41(7)34-43(9)35-42(8)29-19-27-40(6)32-33-45-44(10)48(50-11)46-30-13-14-31-47(46)49(45)51-12;/h12-16,22,24,26,28,31-36,38,49H,17-21,23,25,27,29-30,37,39H2,1-11H3;13-14,20,22,24,26,29-32,34,43H,15-19,21,23,25,27-28,33,35H2,1-12H3;1H4/b41-24+,42-26+,43-28+,44-36+,45-38+,46-31+;37-22+,38-24+,39-26+,40-32+,41-34+,42-29+;. The lowest BCUT2D eigenvalue weighted by Gasteiger charge is -2.18. The van der Waals surface area contributed by atoms with Crippen LogP contribution < -0.4 is 18.9 Å². The van der Waals surface area contributed by atoms with Crippen molar-refractivity contribution in [2.24, 2.45) is 5.92 Å². The third kappa shape index (κ3) is 36.2. The zero-order valence-electron chi connectivity index (χ0n) is 73.1. The summed E-state index contributed by atoms with van der Waals surface area (Å²) >= 11 is 0. The Hall–Kier alpha value is -7.87. The number of methoxy groups -OCH3 is 4. The summed E-state index contributed by atoms with van der Waals surface area (Å²) in [6, 6.07) is 25.5. The summed E-state index contributed by atoms with van der Waals surface area (Å²) in [7, 11) is 3.43. The Bertz CT molecular complexity index is 4280. The lowest BCUT2D eigenvalue weighted by Crippen LogP contribution is -2.20. The fourth-order valence-electron chi connectivity index (χ4n) is 14.6. The maximum absolute atomic E-state index is 14.0. The molecule has 0 aliphatic rings. The van der Waals surface area contributed by atoms with Gasteiger partial charge in [0.1, 0.15) is 23.0 Å². The molecule has 2 unspecified atom stereocenters. The predicted octanol–water partition coefficient (Wildman–Crippen LogP) is 31.4. The van der Waals surface area contributed by atoms with Gasteiger partial charge in [0.05, 0.1) is 38.6 Å². The molecule has 0 aromatic heterocycles. The number of benzene rings is 5. The van der Waals surface area contributed by atoms with Gasteiger partial charge >= 0.3 is 0 Å². The Morgan fingerprint density at radius 3 is 0.874 bits per heavy atom. The number of hydrogen-bond acceptors (Lipinski definition) is 6. The van der Waals surface area contributed by atoms with Crippen molar-refractivity contribution < 1.29 is 27.4 Å². The molecule has 5 rings (SSSR count). The minimum atomic E-state index is -3.56. The Morgan fingerprint density at radius 2 is 0.568 bits per heavy atom. The molecule has 111 heavy (non-hydrogen) atoms. The van der Waals surface area contributed by atoms with Gasteiger partial charge in [0.15, 0.2) is 9.84 Å². The third-order valence-electron chi connectivity index (χ3n) is 21.2. The minimum Gasteiger partial charge on any atom is -0.496 e. The van der Waals surface area contributed by atoms with Gasteiger partial charge in [-0.05, 0) is 308 Å². The third-order valence-corrected chi connectivity index (χ3v) is 23.2. The second kappa shape index (κ2) is 53.2. The SMILES string of the molecule is C.COc1c(C)c(C/C=C(\C)CC/C=C(\C)CC(/C=C(\C)CC/C=C(\C)CC/C=C(\C)CC/C=C(\C)CCC=C(C)C)S(=O)(=O)c2ccccc2)c(OC)c2ccccc12.COc1c(C)c(C/C=C(\C)CC/C=C(\C)CC(C)/C=C(\C)CC/C=C(\C)CC/C=C(\C)CC/C=C(\C)CCC=C(C)C)c(OC)c2ccccc12. The molecule has 0 aliphatic heterocycles. The van der Waals surface area contributed by atoms with Crippen LogP contribution in [-0.2, 0) is 22.7 Å². The van der Waals surface area contributed by atoms with Crippen LogP contribution >= 0.6 is 0 Å². The highest BCUT2D eigenvalue weighted by molar-refractivity contribution is 7.92. The molecule has 0 bridgehead atoms. The number of hydrogen-bond donors (Lipinski definition) is 0. The first-order chi connectivity index (χ1) is 52.5. The molecule has 5 aromatic rings. The van der Waals surface area contributed by atoms with E-state index in [9.17, 15) is 8.42 Å². The molecule has 5 aromatic carbocycles. The van der Waals surface area contributed by atoms with E-state index < -0.39 is 15.1 Å². The highest BCUT2D eigenvalue weighted by Gasteiger charge is 2.26. The van der Waals surface area contributed by atoms with Gasteiger partial charge < -0.3 is 18.9 Å². The van der Waals surface area contributed by atoms with Gasteiger partial charge in [-0.1, -0.05) is 244 Å². The zero-order valence-corrected chi connectivity index (χ0v) is 73.9. The first-order valence-electron chi connectivity index (χ1n) is 41.2. The monoisotopic (exact) mass is 1530 g/mol. The molecule has 608 valence electrons. The van der Waals surface area contributed by atoms with E-state index in [1.54, 1.807) is 52.7 Å². The van der Waals surface area contributed by atoms with Crippen molar-refractivity contribution in [2.75, 3.05) is 28.4 Å². The summed E-state index contributed by atoms with van der Waals surface area (Å²) in [5, 5.41) is 3.70. The quantitative estimate of drug-likeness (QED) is 0.0362. The summed E-state index contributed by atoms with van der Waals surface area (Å²) in [6.07, 6.45) is 57.6. The van der Waals surface area contributed by atoms with Gasteiger partial charge in [-0.3, -0.25) is 0 Å². The normalized spacial score (nSPS) is 14.1. The molecule has 0 aliphatic carbocycles. The van der Waals surface area contributed by atoms with E-state index in [-0.39, 0.29) is 7.43 Å². The van der Waals surface area contributed by atoms with Crippen LogP contribution in [0.15, 0.2) is 247 Å². The Balaban J connectivity index is 0.000000576. The average molecular weight is 1530 g/mol. The van der Waals surface area contributed by atoms with E-state index in [0.29, 0.717) is 17.2 Å². The number of rotatable bonds is 46. The lowest BCUT2D eigenvalue weighted by atomic mass is 9.95. The van der Waals surface area contributed by atoms with Crippen molar-refractivity contribution in [1.29, 1.82) is 0 Å². The summed E-state index contributed by atoms with van der Waals surface area (Å²) in [5.74, 6) is 4.25. The van der Waals surface area contributed by atoms with Crippen LogP contribution in [-0.4, -0.2) is 42.1 Å². The smallest absolute Gasteiger partial charge is 0.185 e. The minimum absolute atomic E-state index is 0. The summed E-state index contributed by atoms with van der Waals surface area (Å²) in [4.78, 5) is 0.376. The molecule has 2 atom stereocenters. The molecule has 0 amide bonds. The Morgan fingerprint density at radius 1 is 0.315 bits per heavy atom. The van der Waals surface area contributed by atoms with Crippen molar-refractivity contribution in [1.82, 2.24) is 0 Å².